The minimum atomic E-state index is -0.239. The Labute approximate surface area is 78.3 Å². The maximum Gasteiger partial charge on any atom is 0.324 e. The number of nitrogens with zero attached hydrogens (tertiary/aromatic N) is 1. The lowest BCUT2D eigenvalue weighted by molar-refractivity contribution is -0.121. The molecule has 0 aromatic carbocycles. The zero-order chi connectivity index (χ0) is 9.84. The van der Waals surface area contributed by atoms with Crippen molar-refractivity contribution in [1.29, 1.82) is 0 Å². The number of amides is 3. The molecule has 1 rings (SSSR count). The predicted molar refractivity (Wildman–Crippen MR) is 49.2 cm³/mol. The predicted octanol–water partition coefficient (Wildman–Crippen LogP) is 1.12. The van der Waals surface area contributed by atoms with Gasteiger partial charge in [-0.05, 0) is 13.3 Å². The summed E-state index contributed by atoms with van der Waals surface area (Å²) in [5, 5.41) is 2.32. The van der Waals surface area contributed by atoms with Crippen molar-refractivity contribution in [2.45, 2.75) is 39.2 Å². The van der Waals surface area contributed by atoms with E-state index in [0.717, 1.165) is 12.8 Å². The van der Waals surface area contributed by atoms with E-state index in [2.05, 4.69) is 12.2 Å². The third-order valence-electron chi connectivity index (χ3n) is 2.33. The molecule has 74 valence electrons. The van der Waals surface area contributed by atoms with E-state index in [1.54, 1.807) is 4.90 Å². The van der Waals surface area contributed by atoms with Crippen LogP contribution in [0.1, 0.15) is 33.1 Å². The zero-order valence-corrected chi connectivity index (χ0v) is 8.17. The van der Waals surface area contributed by atoms with E-state index in [-0.39, 0.29) is 18.0 Å². The van der Waals surface area contributed by atoms with Crippen LogP contribution in [0.5, 0.6) is 0 Å². The molecule has 1 fully saturated rings. The van der Waals surface area contributed by atoms with Crippen molar-refractivity contribution < 1.29 is 9.59 Å². The first-order valence-corrected chi connectivity index (χ1v) is 4.75. The first-order valence-electron chi connectivity index (χ1n) is 4.75. The van der Waals surface area contributed by atoms with Crippen molar-refractivity contribution in [2.24, 2.45) is 0 Å². The highest BCUT2D eigenvalue weighted by Gasteiger charge is 2.25. The second kappa shape index (κ2) is 4.25. The molecule has 1 aliphatic rings. The van der Waals surface area contributed by atoms with Gasteiger partial charge >= 0.3 is 6.03 Å². The number of imide groups is 1. The van der Waals surface area contributed by atoms with Gasteiger partial charge in [0, 0.05) is 19.0 Å². The van der Waals surface area contributed by atoms with Crippen LogP contribution in [0.4, 0.5) is 4.79 Å². The Bertz CT molecular complexity index is 216. The first-order chi connectivity index (χ1) is 6.15. The molecule has 0 aromatic rings. The van der Waals surface area contributed by atoms with Gasteiger partial charge in [0.25, 0.3) is 0 Å². The number of hydrogen-bond donors (Lipinski definition) is 1. The molecule has 3 amide bonds. The molecule has 1 saturated heterocycles. The average molecular weight is 184 g/mol. The quantitative estimate of drug-likeness (QED) is 0.714. The van der Waals surface area contributed by atoms with Gasteiger partial charge in [-0.1, -0.05) is 13.3 Å². The fraction of sp³-hybridized carbons (Fsp3) is 0.778. The maximum atomic E-state index is 11.3. The van der Waals surface area contributed by atoms with Crippen LogP contribution in [0.15, 0.2) is 0 Å². The lowest BCUT2D eigenvalue weighted by Gasteiger charge is -2.31. The number of nitrogens with one attached hydrogen (secondary N) is 1. The molecule has 4 heteroatoms. The molecule has 1 N–H and O–H groups in total. The first kappa shape index (κ1) is 10.0. The van der Waals surface area contributed by atoms with Crippen molar-refractivity contribution in [3.8, 4) is 0 Å². The van der Waals surface area contributed by atoms with Crippen LogP contribution < -0.4 is 5.32 Å². The molecule has 1 heterocycles. The van der Waals surface area contributed by atoms with Gasteiger partial charge in [0.05, 0.1) is 0 Å². The Morgan fingerprint density at radius 2 is 2.23 bits per heavy atom. The molecule has 0 bridgehead atoms. The van der Waals surface area contributed by atoms with Gasteiger partial charge in [-0.3, -0.25) is 10.1 Å². The Morgan fingerprint density at radius 1 is 1.54 bits per heavy atom. The molecule has 0 aliphatic carbocycles. The van der Waals surface area contributed by atoms with Gasteiger partial charge in [-0.15, -0.1) is 0 Å². The summed E-state index contributed by atoms with van der Waals surface area (Å²) >= 11 is 0. The second-order valence-corrected chi connectivity index (χ2v) is 3.43. The summed E-state index contributed by atoms with van der Waals surface area (Å²) < 4.78 is 0. The lowest BCUT2D eigenvalue weighted by atomic mass is 10.1. The number of carbonyl (C=O) groups is 2. The van der Waals surface area contributed by atoms with Gasteiger partial charge in [0.15, 0.2) is 0 Å². The second-order valence-electron chi connectivity index (χ2n) is 3.43. The molecule has 4 nitrogen and oxygen atoms in total. The third kappa shape index (κ3) is 2.44. The highest BCUT2D eigenvalue weighted by atomic mass is 16.2. The summed E-state index contributed by atoms with van der Waals surface area (Å²) in [6.07, 6.45) is 2.47. The fourth-order valence-electron chi connectivity index (χ4n) is 1.57. The molecule has 13 heavy (non-hydrogen) atoms. The van der Waals surface area contributed by atoms with E-state index in [1.165, 1.54) is 0 Å². The Hall–Kier alpha value is -1.06. The smallest absolute Gasteiger partial charge is 0.321 e. The maximum absolute atomic E-state index is 11.3. The average Bonchev–Trinajstić information content (AvgIpc) is 2.04. The summed E-state index contributed by atoms with van der Waals surface area (Å²) in [5.41, 5.74) is 0. The van der Waals surface area contributed by atoms with Gasteiger partial charge in [0.2, 0.25) is 5.91 Å². The molecule has 1 atom stereocenters. The Kier molecular flexibility index (Phi) is 3.28. The van der Waals surface area contributed by atoms with Crippen LogP contribution in [0.3, 0.4) is 0 Å². The summed E-state index contributed by atoms with van der Waals surface area (Å²) in [6, 6.07) is -0.00435. The molecular formula is C9H16N2O2. The van der Waals surface area contributed by atoms with E-state index < -0.39 is 0 Å². The number of carbonyl (C=O) groups excluding carboxylic acids is 2. The van der Waals surface area contributed by atoms with E-state index in [4.69, 9.17) is 0 Å². The Balaban J connectivity index is 2.50. The molecule has 1 aliphatic heterocycles. The van der Waals surface area contributed by atoms with Crippen molar-refractivity contribution in [2.75, 3.05) is 6.54 Å². The van der Waals surface area contributed by atoms with Gasteiger partial charge in [0.1, 0.15) is 0 Å². The standard InChI is InChI=1S/C9H16N2O2/c1-3-4-7(2)11-6-5-8(12)10-9(11)13/h7H,3-6H2,1-2H3,(H,10,12,13). The minimum Gasteiger partial charge on any atom is -0.321 e. The molecule has 0 spiro atoms. The van der Waals surface area contributed by atoms with Gasteiger partial charge < -0.3 is 4.90 Å². The van der Waals surface area contributed by atoms with Crippen molar-refractivity contribution in [1.82, 2.24) is 10.2 Å². The highest BCUT2D eigenvalue weighted by molar-refractivity contribution is 5.96. The van der Waals surface area contributed by atoms with E-state index in [1.807, 2.05) is 6.92 Å². The number of hydrogen-bond acceptors (Lipinski definition) is 2. The monoisotopic (exact) mass is 184 g/mol. The van der Waals surface area contributed by atoms with Crippen LogP contribution in [-0.4, -0.2) is 29.4 Å². The van der Waals surface area contributed by atoms with E-state index in [9.17, 15) is 9.59 Å². The molecule has 1 unspecified atom stereocenters. The summed E-state index contributed by atoms with van der Waals surface area (Å²) in [4.78, 5) is 23.9. The SMILES string of the molecule is CCCC(C)N1CCC(=O)NC1=O. The summed E-state index contributed by atoms with van der Waals surface area (Å²) in [5.74, 6) is -0.162. The van der Waals surface area contributed by atoms with Crippen molar-refractivity contribution >= 4 is 11.9 Å². The van der Waals surface area contributed by atoms with Crippen LogP contribution in [-0.2, 0) is 4.79 Å². The molecule has 0 aromatic heterocycles. The topological polar surface area (TPSA) is 49.4 Å². The highest BCUT2D eigenvalue weighted by Crippen LogP contribution is 2.10. The molecule has 0 radical (unpaired) electrons. The van der Waals surface area contributed by atoms with E-state index in [0.29, 0.717) is 13.0 Å². The van der Waals surface area contributed by atoms with Crippen molar-refractivity contribution in [3.63, 3.8) is 0 Å². The van der Waals surface area contributed by atoms with Crippen LogP contribution >= 0.6 is 0 Å². The van der Waals surface area contributed by atoms with Crippen molar-refractivity contribution in [3.05, 3.63) is 0 Å². The van der Waals surface area contributed by atoms with E-state index >= 15 is 0 Å². The summed E-state index contributed by atoms with van der Waals surface area (Å²) in [6.45, 7) is 4.66. The Morgan fingerprint density at radius 3 is 2.77 bits per heavy atom. The zero-order valence-electron chi connectivity index (χ0n) is 8.17. The fourth-order valence-corrected chi connectivity index (χ4v) is 1.57. The third-order valence-corrected chi connectivity index (χ3v) is 2.33. The summed E-state index contributed by atoms with van der Waals surface area (Å²) in [7, 11) is 0. The number of urea groups is 1. The largest absolute Gasteiger partial charge is 0.324 e. The normalized spacial score (nSPS) is 20.0. The molecular weight excluding hydrogens is 168 g/mol. The minimum absolute atomic E-state index is 0.162. The number of rotatable bonds is 3. The molecule has 0 saturated carbocycles. The van der Waals surface area contributed by atoms with Gasteiger partial charge in [-0.25, -0.2) is 4.79 Å². The van der Waals surface area contributed by atoms with Crippen LogP contribution in [0.25, 0.3) is 0 Å². The van der Waals surface area contributed by atoms with Crippen LogP contribution in [0.2, 0.25) is 0 Å². The van der Waals surface area contributed by atoms with Gasteiger partial charge in [-0.2, -0.15) is 0 Å². The lowest BCUT2D eigenvalue weighted by Crippen LogP contribution is -2.52. The van der Waals surface area contributed by atoms with Crippen LogP contribution in [0, 0.1) is 0 Å².